The standard InChI is InChI=1S/C70H55N/c1-48-65(54-23-12-6-13-24-54)46-66(55-25-14-7-15-26-55)49(2)69(48)58-35-41-63(42-36-58)71(62-39-33-53(34-40-62)61-32-20-31-60(45-61)52-21-10-5-11-22-52)64-43-37-59(38-44-64)70-50(3)67(56-27-16-8-17-28-56)47-68(51(70)4)57-29-18-9-19-30-57/h5-47H,1-4H3. The predicted octanol–water partition coefficient (Wildman–Crippen LogP) is 19.7. The fourth-order valence-corrected chi connectivity index (χ4v) is 10.7. The maximum atomic E-state index is 2.39. The van der Waals surface area contributed by atoms with E-state index in [0.29, 0.717) is 0 Å². The summed E-state index contributed by atoms with van der Waals surface area (Å²) in [6.07, 6.45) is 0. The Morgan fingerprint density at radius 2 is 0.437 bits per heavy atom. The third-order valence-corrected chi connectivity index (χ3v) is 14.3. The number of nitrogens with zero attached hydrogens (tertiary/aromatic N) is 1. The van der Waals surface area contributed by atoms with Crippen molar-refractivity contribution in [3.8, 4) is 89.0 Å². The highest BCUT2D eigenvalue weighted by molar-refractivity contribution is 5.91. The second-order valence-corrected chi connectivity index (χ2v) is 18.6. The van der Waals surface area contributed by atoms with Crippen molar-refractivity contribution >= 4 is 17.1 Å². The number of rotatable bonds is 11. The first kappa shape index (κ1) is 44.7. The number of hydrogen-bond donors (Lipinski definition) is 0. The molecular weight excluding hydrogens is 855 g/mol. The van der Waals surface area contributed by atoms with Gasteiger partial charge >= 0.3 is 0 Å². The Hall–Kier alpha value is -8.78. The molecule has 0 atom stereocenters. The maximum absolute atomic E-state index is 2.39. The van der Waals surface area contributed by atoms with Gasteiger partial charge in [0, 0.05) is 17.1 Å². The third-order valence-electron chi connectivity index (χ3n) is 14.3. The summed E-state index contributed by atoms with van der Waals surface area (Å²) < 4.78 is 0. The van der Waals surface area contributed by atoms with Gasteiger partial charge in [0.25, 0.3) is 0 Å². The van der Waals surface area contributed by atoms with Gasteiger partial charge in [-0.3, -0.25) is 0 Å². The molecule has 0 bridgehead atoms. The first-order valence-electron chi connectivity index (χ1n) is 24.7. The summed E-state index contributed by atoms with van der Waals surface area (Å²) in [5.41, 5.74) is 28.0. The van der Waals surface area contributed by atoms with E-state index in [2.05, 4.69) is 293 Å². The summed E-state index contributed by atoms with van der Waals surface area (Å²) in [6.45, 7) is 9.11. The van der Waals surface area contributed by atoms with E-state index in [9.17, 15) is 0 Å². The van der Waals surface area contributed by atoms with Gasteiger partial charge in [-0.1, -0.05) is 206 Å². The van der Waals surface area contributed by atoms with Crippen molar-refractivity contribution in [1.82, 2.24) is 0 Å². The lowest BCUT2D eigenvalue weighted by atomic mass is 9.84. The van der Waals surface area contributed by atoms with Gasteiger partial charge in [-0.05, 0) is 194 Å². The van der Waals surface area contributed by atoms with Crippen LogP contribution in [0.2, 0.25) is 0 Å². The molecule has 0 saturated carbocycles. The fourth-order valence-electron chi connectivity index (χ4n) is 10.7. The van der Waals surface area contributed by atoms with E-state index in [-0.39, 0.29) is 0 Å². The van der Waals surface area contributed by atoms with Crippen LogP contribution in [0.25, 0.3) is 89.0 Å². The Balaban J connectivity index is 1.02. The van der Waals surface area contributed by atoms with Gasteiger partial charge in [0.05, 0.1) is 0 Å². The van der Waals surface area contributed by atoms with E-state index in [1.807, 2.05) is 0 Å². The Morgan fingerprint density at radius 1 is 0.197 bits per heavy atom. The van der Waals surface area contributed by atoms with Crippen molar-refractivity contribution in [3.05, 3.63) is 283 Å². The molecule has 71 heavy (non-hydrogen) atoms. The summed E-state index contributed by atoms with van der Waals surface area (Å²) >= 11 is 0. The lowest BCUT2D eigenvalue weighted by Gasteiger charge is -2.27. The van der Waals surface area contributed by atoms with Crippen LogP contribution in [0, 0.1) is 27.7 Å². The van der Waals surface area contributed by atoms with Gasteiger partial charge in [0.2, 0.25) is 0 Å². The highest BCUT2D eigenvalue weighted by Gasteiger charge is 2.21. The molecule has 0 heterocycles. The van der Waals surface area contributed by atoms with Crippen molar-refractivity contribution in [2.24, 2.45) is 0 Å². The molecule has 0 radical (unpaired) electrons. The topological polar surface area (TPSA) is 3.24 Å². The Kier molecular flexibility index (Phi) is 12.4. The molecule has 340 valence electrons. The predicted molar refractivity (Wildman–Crippen MR) is 304 cm³/mol. The van der Waals surface area contributed by atoms with E-state index in [0.717, 1.165) is 17.1 Å². The zero-order valence-electron chi connectivity index (χ0n) is 40.8. The van der Waals surface area contributed by atoms with Crippen LogP contribution in [-0.4, -0.2) is 0 Å². The normalized spacial score (nSPS) is 11.1. The molecule has 0 unspecified atom stereocenters. The quantitative estimate of drug-likeness (QED) is 0.125. The number of benzene rings is 11. The minimum absolute atomic E-state index is 1.09. The summed E-state index contributed by atoms with van der Waals surface area (Å²) in [7, 11) is 0. The summed E-state index contributed by atoms with van der Waals surface area (Å²) in [6, 6.07) is 94.9. The largest absolute Gasteiger partial charge is 0.311 e. The molecule has 1 heteroatoms. The van der Waals surface area contributed by atoms with E-state index in [4.69, 9.17) is 0 Å². The minimum Gasteiger partial charge on any atom is -0.311 e. The van der Waals surface area contributed by atoms with Crippen LogP contribution in [0.1, 0.15) is 22.3 Å². The number of anilines is 3. The summed E-state index contributed by atoms with van der Waals surface area (Å²) in [4.78, 5) is 2.39. The minimum atomic E-state index is 1.09. The van der Waals surface area contributed by atoms with Crippen molar-refractivity contribution in [1.29, 1.82) is 0 Å². The van der Waals surface area contributed by atoms with Gasteiger partial charge in [-0.15, -0.1) is 0 Å². The highest BCUT2D eigenvalue weighted by atomic mass is 15.1. The third kappa shape index (κ3) is 8.91. The Morgan fingerprint density at radius 3 is 0.732 bits per heavy atom. The molecule has 0 spiro atoms. The molecule has 0 aliphatic rings. The van der Waals surface area contributed by atoms with Crippen LogP contribution < -0.4 is 4.90 Å². The molecule has 0 fully saturated rings. The van der Waals surface area contributed by atoms with Crippen LogP contribution >= 0.6 is 0 Å². The van der Waals surface area contributed by atoms with E-state index in [1.54, 1.807) is 0 Å². The zero-order valence-corrected chi connectivity index (χ0v) is 40.8. The average molecular weight is 910 g/mol. The molecule has 1 nitrogen and oxygen atoms in total. The summed E-state index contributed by atoms with van der Waals surface area (Å²) in [5.74, 6) is 0. The molecule has 0 aliphatic carbocycles. The fraction of sp³-hybridized carbons (Fsp3) is 0.0571. The summed E-state index contributed by atoms with van der Waals surface area (Å²) in [5, 5.41) is 0. The molecule has 11 rings (SSSR count). The molecule has 0 aliphatic heterocycles. The van der Waals surface area contributed by atoms with E-state index < -0.39 is 0 Å². The molecule has 0 N–H and O–H groups in total. The second kappa shape index (κ2) is 19.7. The monoisotopic (exact) mass is 909 g/mol. The first-order chi connectivity index (χ1) is 34.9. The van der Waals surface area contributed by atoms with Crippen molar-refractivity contribution in [3.63, 3.8) is 0 Å². The zero-order chi connectivity index (χ0) is 48.3. The van der Waals surface area contributed by atoms with Crippen LogP contribution in [0.5, 0.6) is 0 Å². The molecule has 0 amide bonds. The van der Waals surface area contributed by atoms with Crippen molar-refractivity contribution in [2.75, 3.05) is 4.90 Å². The van der Waals surface area contributed by atoms with Crippen LogP contribution in [-0.2, 0) is 0 Å². The molecular formula is C70H55N. The highest BCUT2D eigenvalue weighted by Crippen LogP contribution is 2.45. The van der Waals surface area contributed by atoms with Crippen molar-refractivity contribution in [2.45, 2.75) is 27.7 Å². The molecule has 11 aromatic rings. The van der Waals surface area contributed by atoms with Crippen LogP contribution in [0.4, 0.5) is 17.1 Å². The second-order valence-electron chi connectivity index (χ2n) is 18.6. The first-order valence-corrected chi connectivity index (χ1v) is 24.7. The van der Waals surface area contributed by atoms with Gasteiger partial charge in [0.15, 0.2) is 0 Å². The lowest BCUT2D eigenvalue weighted by molar-refractivity contribution is 1.28. The van der Waals surface area contributed by atoms with Crippen LogP contribution in [0.15, 0.2) is 261 Å². The molecule has 0 aromatic heterocycles. The SMILES string of the molecule is Cc1c(-c2ccccc2)cc(-c2ccccc2)c(C)c1-c1ccc(N(c2ccc(-c3cccc(-c4ccccc4)c3)cc2)c2ccc(-c3c(C)c(-c4ccccc4)cc(-c4ccccc4)c3C)cc2)cc1. The van der Waals surface area contributed by atoms with Gasteiger partial charge in [-0.2, -0.15) is 0 Å². The van der Waals surface area contributed by atoms with E-state index in [1.165, 1.54) is 111 Å². The number of hydrogen-bond acceptors (Lipinski definition) is 1. The van der Waals surface area contributed by atoms with Gasteiger partial charge < -0.3 is 4.90 Å². The van der Waals surface area contributed by atoms with E-state index >= 15 is 0 Å². The van der Waals surface area contributed by atoms with Gasteiger partial charge in [-0.25, -0.2) is 0 Å². The lowest BCUT2D eigenvalue weighted by Crippen LogP contribution is -2.10. The average Bonchev–Trinajstić information content (AvgIpc) is 3.43. The maximum Gasteiger partial charge on any atom is 0.0462 e. The molecule has 11 aromatic carbocycles. The Labute approximate surface area is 419 Å². The smallest absolute Gasteiger partial charge is 0.0462 e. The van der Waals surface area contributed by atoms with Crippen LogP contribution in [0.3, 0.4) is 0 Å². The van der Waals surface area contributed by atoms with Crippen molar-refractivity contribution < 1.29 is 0 Å². The Bertz CT molecular complexity index is 3290. The van der Waals surface area contributed by atoms with Gasteiger partial charge in [0.1, 0.15) is 0 Å². The molecule has 0 saturated heterocycles.